The van der Waals surface area contributed by atoms with Gasteiger partial charge in [0.25, 0.3) is 0 Å². The van der Waals surface area contributed by atoms with Gasteiger partial charge in [0.05, 0.1) is 10.7 Å². The Labute approximate surface area is 124 Å². The average Bonchev–Trinajstić information content (AvgIpc) is 2.42. The van der Waals surface area contributed by atoms with Crippen LogP contribution in [-0.2, 0) is 6.54 Å². The molecule has 0 spiro atoms. The summed E-state index contributed by atoms with van der Waals surface area (Å²) < 4.78 is 13.4. The highest BCUT2D eigenvalue weighted by atomic mass is 35.5. The zero-order valence-corrected chi connectivity index (χ0v) is 12.4. The van der Waals surface area contributed by atoms with E-state index >= 15 is 0 Å². The number of hydrogen-bond acceptors (Lipinski definition) is 2. The molecule has 0 aromatic heterocycles. The van der Waals surface area contributed by atoms with E-state index in [9.17, 15) is 4.39 Å². The lowest BCUT2D eigenvalue weighted by Gasteiger charge is -2.24. The highest BCUT2D eigenvalue weighted by molar-refractivity contribution is 6.33. The maximum Gasteiger partial charge on any atom is 0.125 e. The first kappa shape index (κ1) is 14.8. The highest BCUT2D eigenvalue weighted by Crippen LogP contribution is 2.32. The van der Waals surface area contributed by atoms with Gasteiger partial charge in [0.2, 0.25) is 0 Å². The van der Waals surface area contributed by atoms with Crippen molar-refractivity contribution in [3.05, 3.63) is 58.9 Å². The van der Waals surface area contributed by atoms with E-state index in [1.807, 2.05) is 43.1 Å². The average molecular weight is 293 g/mol. The van der Waals surface area contributed by atoms with Crippen LogP contribution in [0.15, 0.2) is 42.5 Å². The summed E-state index contributed by atoms with van der Waals surface area (Å²) in [5.41, 5.74) is 2.81. The second kappa shape index (κ2) is 6.73. The van der Waals surface area contributed by atoms with Gasteiger partial charge in [-0.25, -0.2) is 4.39 Å². The number of anilines is 2. The monoisotopic (exact) mass is 292 g/mol. The fourth-order valence-electron chi connectivity index (χ4n) is 2.22. The molecule has 20 heavy (non-hydrogen) atoms. The van der Waals surface area contributed by atoms with Crippen molar-refractivity contribution < 1.29 is 4.39 Å². The molecule has 0 saturated carbocycles. The molecule has 0 fully saturated rings. The second-order valence-electron chi connectivity index (χ2n) is 4.54. The van der Waals surface area contributed by atoms with Crippen LogP contribution in [0.2, 0.25) is 5.02 Å². The van der Waals surface area contributed by atoms with E-state index in [1.54, 1.807) is 6.07 Å². The van der Waals surface area contributed by atoms with Gasteiger partial charge in [-0.3, -0.25) is 0 Å². The van der Waals surface area contributed by atoms with Gasteiger partial charge >= 0.3 is 0 Å². The van der Waals surface area contributed by atoms with Crippen LogP contribution in [0.1, 0.15) is 12.5 Å². The molecule has 4 heteroatoms. The summed E-state index contributed by atoms with van der Waals surface area (Å²) in [6.07, 6.45) is 0. The second-order valence-corrected chi connectivity index (χ2v) is 4.95. The lowest BCUT2D eigenvalue weighted by atomic mass is 10.1. The number of hydrogen-bond donors (Lipinski definition) is 1. The third-order valence-corrected chi connectivity index (χ3v) is 3.42. The topological polar surface area (TPSA) is 15.3 Å². The Bertz CT molecular complexity index is 586. The molecule has 2 nitrogen and oxygen atoms in total. The molecular formula is C16H18ClFN2. The Balaban J connectivity index is 2.37. The zero-order valence-electron chi connectivity index (χ0n) is 11.7. The van der Waals surface area contributed by atoms with Crippen molar-refractivity contribution in [1.82, 2.24) is 5.32 Å². The van der Waals surface area contributed by atoms with Crippen LogP contribution in [-0.4, -0.2) is 13.6 Å². The van der Waals surface area contributed by atoms with E-state index in [0.29, 0.717) is 11.6 Å². The van der Waals surface area contributed by atoms with Crippen molar-refractivity contribution in [2.45, 2.75) is 13.5 Å². The Morgan fingerprint density at radius 2 is 2.00 bits per heavy atom. The lowest BCUT2D eigenvalue weighted by molar-refractivity contribution is 0.627. The molecule has 0 atom stereocenters. The molecule has 2 aromatic carbocycles. The van der Waals surface area contributed by atoms with E-state index < -0.39 is 0 Å². The molecule has 0 aliphatic rings. The number of nitrogens with one attached hydrogen (secondary N) is 1. The van der Waals surface area contributed by atoms with Crippen molar-refractivity contribution in [3.63, 3.8) is 0 Å². The molecule has 0 aliphatic carbocycles. The van der Waals surface area contributed by atoms with Gasteiger partial charge in [0.1, 0.15) is 5.82 Å². The van der Waals surface area contributed by atoms with Crippen molar-refractivity contribution in [2.75, 3.05) is 18.5 Å². The first-order valence-electron chi connectivity index (χ1n) is 6.62. The SMILES string of the molecule is CCN(c1cccc(F)c1)c1ccc(CNC)cc1Cl. The van der Waals surface area contributed by atoms with Gasteiger partial charge in [-0.05, 0) is 49.9 Å². The first-order valence-corrected chi connectivity index (χ1v) is 6.99. The number of halogens is 2. The summed E-state index contributed by atoms with van der Waals surface area (Å²) in [7, 11) is 1.90. The van der Waals surface area contributed by atoms with Crippen LogP contribution in [0.25, 0.3) is 0 Å². The van der Waals surface area contributed by atoms with E-state index in [1.165, 1.54) is 12.1 Å². The van der Waals surface area contributed by atoms with Crippen molar-refractivity contribution >= 4 is 23.0 Å². The number of rotatable bonds is 5. The molecule has 0 unspecified atom stereocenters. The van der Waals surface area contributed by atoms with Crippen molar-refractivity contribution in [1.29, 1.82) is 0 Å². The summed E-state index contributed by atoms with van der Waals surface area (Å²) in [5.74, 6) is -0.246. The lowest BCUT2D eigenvalue weighted by Crippen LogP contribution is -2.17. The summed E-state index contributed by atoms with van der Waals surface area (Å²) >= 11 is 6.37. The van der Waals surface area contributed by atoms with Crippen LogP contribution in [0, 0.1) is 5.82 Å². The minimum atomic E-state index is -0.246. The van der Waals surface area contributed by atoms with E-state index in [-0.39, 0.29) is 5.82 Å². The summed E-state index contributed by atoms with van der Waals surface area (Å²) in [5, 5.41) is 3.76. The summed E-state index contributed by atoms with van der Waals surface area (Å²) in [6, 6.07) is 12.5. The largest absolute Gasteiger partial charge is 0.340 e. The van der Waals surface area contributed by atoms with Gasteiger partial charge in [-0.2, -0.15) is 0 Å². The Kier molecular flexibility index (Phi) is 4.99. The Morgan fingerprint density at radius 1 is 1.20 bits per heavy atom. The van der Waals surface area contributed by atoms with Gasteiger partial charge in [0, 0.05) is 18.8 Å². The molecule has 2 rings (SSSR count). The molecule has 2 aromatic rings. The molecule has 0 radical (unpaired) electrons. The predicted octanol–water partition coefficient (Wildman–Crippen LogP) is 4.36. The predicted molar refractivity (Wildman–Crippen MR) is 83.3 cm³/mol. The molecule has 0 bridgehead atoms. The summed E-state index contributed by atoms with van der Waals surface area (Å²) in [6.45, 7) is 3.50. The van der Waals surface area contributed by atoms with Gasteiger partial charge in [0.15, 0.2) is 0 Å². The van der Waals surface area contributed by atoms with Gasteiger partial charge in [-0.1, -0.05) is 23.7 Å². The molecule has 106 valence electrons. The molecular weight excluding hydrogens is 275 g/mol. The van der Waals surface area contributed by atoms with Crippen LogP contribution >= 0.6 is 11.6 Å². The first-order chi connectivity index (χ1) is 9.65. The number of nitrogens with zero attached hydrogens (tertiary/aromatic N) is 1. The standard InChI is InChI=1S/C16H18ClFN2/c1-3-20(14-6-4-5-13(18)10-14)16-8-7-12(11-19-2)9-15(16)17/h4-10,19H,3,11H2,1-2H3. The van der Waals surface area contributed by atoms with Gasteiger partial charge < -0.3 is 10.2 Å². The van der Waals surface area contributed by atoms with Crippen LogP contribution < -0.4 is 10.2 Å². The van der Waals surface area contributed by atoms with Gasteiger partial charge in [-0.15, -0.1) is 0 Å². The van der Waals surface area contributed by atoms with Crippen LogP contribution in [0.4, 0.5) is 15.8 Å². The van der Waals surface area contributed by atoms with E-state index in [0.717, 1.165) is 23.5 Å². The molecule has 0 aliphatic heterocycles. The third-order valence-electron chi connectivity index (χ3n) is 3.12. The Hall–Kier alpha value is -1.58. The minimum absolute atomic E-state index is 0.246. The fraction of sp³-hybridized carbons (Fsp3) is 0.250. The molecule has 1 N–H and O–H groups in total. The van der Waals surface area contributed by atoms with Crippen molar-refractivity contribution in [3.8, 4) is 0 Å². The third kappa shape index (κ3) is 3.30. The quantitative estimate of drug-likeness (QED) is 0.881. The van der Waals surface area contributed by atoms with Crippen molar-refractivity contribution in [2.24, 2.45) is 0 Å². The zero-order chi connectivity index (χ0) is 14.5. The smallest absolute Gasteiger partial charge is 0.125 e. The summed E-state index contributed by atoms with van der Waals surface area (Å²) in [4.78, 5) is 1.99. The normalized spacial score (nSPS) is 10.6. The van der Waals surface area contributed by atoms with Crippen LogP contribution in [0.3, 0.4) is 0 Å². The highest BCUT2D eigenvalue weighted by Gasteiger charge is 2.12. The fourth-order valence-corrected chi connectivity index (χ4v) is 2.52. The maximum atomic E-state index is 13.4. The minimum Gasteiger partial charge on any atom is -0.340 e. The maximum absolute atomic E-state index is 13.4. The van der Waals surface area contributed by atoms with Crippen LogP contribution in [0.5, 0.6) is 0 Å². The van der Waals surface area contributed by atoms with E-state index in [2.05, 4.69) is 5.32 Å². The molecule has 0 heterocycles. The Morgan fingerprint density at radius 3 is 2.60 bits per heavy atom. The van der Waals surface area contributed by atoms with E-state index in [4.69, 9.17) is 11.6 Å². The molecule has 0 amide bonds. The molecule has 0 saturated heterocycles. The number of benzene rings is 2.